The molecule has 7 nitrogen and oxygen atoms in total. The topological polar surface area (TPSA) is 64.3 Å². The molecule has 1 fully saturated rings. The summed E-state index contributed by atoms with van der Waals surface area (Å²) in [5.74, 6) is 1.67. The fourth-order valence-electron chi connectivity index (χ4n) is 4.61. The van der Waals surface area contributed by atoms with Crippen LogP contribution >= 0.6 is 12.2 Å². The SMILES string of the molecule is CNC(=O)c1ccc(CN(C)Cn2nc(-c3ccc(OC)cc3)n(C3CCCCC3)c2=S)cc1. The molecule has 2 aromatic carbocycles. The zero-order valence-corrected chi connectivity index (χ0v) is 21.0. The fourth-order valence-corrected chi connectivity index (χ4v) is 4.95. The first-order valence-electron chi connectivity index (χ1n) is 11.8. The molecular formula is C26H33N5O2S. The number of nitrogens with zero attached hydrogens (tertiary/aromatic N) is 4. The second kappa shape index (κ2) is 11.0. The van der Waals surface area contributed by atoms with Crippen molar-refractivity contribution in [3.05, 3.63) is 64.4 Å². The second-order valence-electron chi connectivity index (χ2n) is 8.93. The minimum atomic E-state index is -0.0782. The van der Waals surface area contributed by atoms with E-state index in [4.69, 9.17) is 22.1 Å². The van der Waals surface area contributed by atoms with Crippen LogP contribution in [0.1, 0.15) is 54.1 Å². The third-order valence-electron chi connectivity index (χ3n) is 6.43. The molecule has 180 valence electrons. The highest BCUT2D eigenvalue weighted by Gasteiger charge is 2.23. The number of aromatic nitrogens is 3. The number of hydrogen-bond acceptors (Lipinski definition) is 5. The van der Waals surface area contributed by atoms with Gasteiger partial charge in [-0.15, -0.1) is 0 Å². The van der Waals surface area contributed by atoms with Gasteiger partial charge >= 0.3 is 0 Å². The lowest BCUT2D eigenvalue weighted by atomic mass is 9.95. The summed E-state index contributed by atoms with van der Waals surface area (Å²) in [5.41, 5.74) is 2.83. The van der Waals surface area contributed by atoms with Gasteiger partial charge in [0.1, 0.15) is 5.75 Å². The van der Waals surface area contributed by atoms with Crippen LogP contribution in [0.3, 0.4) is 0 Å². The molecule has 0 unspecified atom stereocenters. The van der Waals surface area contributed by atoms with Crippen LogP contribution in [0.15, 0.2) is 48.5 Å². The lowest BCUT2D eigenvalue weighted by Gasteiger charge is -2.24. The number of amides is 1. The van der Waals surface area contributed by atoms with Crippen LogP contribution < -0.4 is 10.1 Å². The molecule has 1 amide bonds. The summed E-state index contributed by atoms with van der Waals surface area (Å²) < 4.78 is 10.3. The van der Waals surface area contributed by atoms with Crippen LogP contribution in [0.2, 0.25) is 0 Å². The van der Waals surface area contributed by atoms with E-state index < -0.39 is 0 Å². The molecule has 8 heteroatoms. The van der Waals surface area contributed by atoms with Gasteiger partial charge in [0.05, 0.1) is 13.8 Å². The minimum Gasteiger partial charge on any atom is -0.497 e. The Balaban J connectivity index is 1.58. The van der Waals surface area contributed by atoms with Crippen LogP contribution in [-0.4, -0.2) is 46.4 Å². The molecule has 0 aliphatic heterocycles. The summed E-state index contributed by atoms with van der Waals surface area (Å²) in [6.45, 7) is 1.31. The van der Waals surface area contributed by atoms with Gasteiger partial charge in [0.25, 0.3) is 5.91 Å². The van der Waals surface area contributed by atoms with Gasteiger partial charge < -0.3 is 10.1 Å². The van der Waals surface area contributed by atoms with Crippen molar-refractivity contribution in [2.75, 3.05) is 21.2 Å². The van der Waals surface area contributed by atoms with E-state index in [0.717, 1.165) is 46.9 Å². The molecule has 1 aliphatic carbocycles. The van der Waals surface area contributed by atoms with Crippen molar-refractivity contribution in [2.45, 2.75) is 51.4 Å². The number of methoxy groups -OCH3 is 1. The molecule has 0 spiro atoms. The monoisotopic (exact) mass is 479 g/mol. The smallest absolute Gasteiger partial charge is 0.251 e. The molecule has 4 rings (SSSR count). The summed E-state index contributed by atoms with van der Waals surface area (Å²) in [5, 5.41) is 7.63. The van der Waals surface area contributed by atoms with Crippen LogP contribution in [0.25, 0.3) is 11.4 Å². The van der Waals surface area contributed by atoms with Gasteiger partial charge in [-0.25, -0.2) is 4.68 Å². The van der Waals surface area contributed by atoms with Crippen molar-refractivity contribution < 1.29 is 9.53 Å². The summed E-state index contributed by atoms with van der Waals surface area (Å²) in [6, 6.07) is 16.1. The van der Waals surface area contributed by atoms with Gasteiger partial charge in [-0.1, -0.05) is 31.4 Å². The highest BCUT2D eigenvalue weighted by Crippen LogP contribution is 2.33. The van der Waals surface area contributed by atoms with Crippen LogP contribution in [-0.2, 0) is 13.2 Å². The number of benzene rings is 2. The Morgan fingerprint density at radius 3 is 2.41 bits per heavy atom. The van der Waals surface area contributed by atoms with Crippen molar-refractivity contribution in [3.63, 3.8) is 0 Å². The molecule has 1 heterocycles. The van der Waals surface area contributed by atoms with E-state index in [9.17, 15) is 4.79 Å². The Bertz CT molecular complexity index is 1160. The van der Waals surface area contributed by atoms with E-state index >= 15 is 0 Å². The largest absolute Gasteiger partial charge is 0.497 e. The number of nitrogens with one attached hydrogen (secondary N) is 1. The van der Waals surface area contributed by atoms with Gasteiger partial charge in [0.15, 0.2) is 10.6 Å². The third kappa shape index (κ3) is 5.39. The molecule has 0 saturated heterocycles. The Kier molecular flexibility index (Phi) is 7.80. The van der Waals surface area contributed by atoms with Crippen molar-refractivity contribution in [1.82, 2.24) is 24.6 Å². The molecule has 34 heavy (non-hydrogen) atoms. The summed E-state index contributed by atoms with van der Waals surface area (Å²) >= 11 is 5.95. The number of rotatable bonds is 8. The first-order chi connectivity index (χ1) is 16.5. The molecule has 3 aromatic rings. The van der Waals surface area contributed by atoms with E-state index in [0.29, 0.717) is 18.3 Å². The Morgan fingerprint density at radius 2 is 1.79 bits per heavy atom. The molecule has 1 N–H and O–H groups in total. The van der Waals surface area contributed by atoms with Crippen LogP contribution in [0.4, 0.5) is 0 Å². The normalized spacial score (nSPS) is 14.4. The minimum absolute atomic E-state index is 0.0782. The maximum absolute atomic E-state index is 11.8. The standard InChI is InChI=1S/C26H33N5O2S/c1-27-25(32)21-11-9-19(10-12-21)17-29(2)18-30-26(34)31(22-7-5-4-6-8-22)24(28-30)20-13-15-23(33-3)16-14-20/h9-16,22H,4-8,17-18H2,1-3H3,(H,27,32). The lowest BCUT2D eigenvalue weighted by Crippen LogP contribution is -2.23. The third-order valence-corrected chi connectivity index (χ3v) is 6.84. The first kappa shape index (κ1) is 24.2. The van der Waals surface area contributed by atoms with Gasteiger partial charge in [0.2, 0.25) is 0 Å². The van der Waals surface area contributed by atoms with Gasteiger partial charge in [-0.05, 0) is 74.1 Å². The number of ether oxygens (including phenoxy) is 1. The first-order valence-corrected chi connectivity index (χ1v) is 12.2. The lowest BCUT2D eigenvalue weighted by molar-refractivity contribution is 0.0963. The van der Waals surface area contributed by atoms with Crippen molar-refractivity contribution in [1.29, 1.82) is 0 Å². The zero-order chi connectivity index (χ0) is 24.1. The quantitative estimate of drug-likeness (QED) is 0.459. The van der Waals surface area contributed by atoms with E-state index in [-0.39, 0.29) is 5.91 Å². The highest BCUT2D eigenvalue weighted by atomic mass is 32.1. The fraction of sp³-hybridized carbons (Fsp3) is 0.423. The highest BCUT2D eigenvalue weighted by molar-refractivity contribution is 7.71. The van der Waals surface area contributed by atoms with Gasteiger partial charge in [-0.3, -0.25) is 14.3 Å². The average molecular weight is 480 g/mol. The number of hydrogen-bond donors (Lipinski definition) is 1. The van der Waals surface area contributed by atoms with E-state index in [2.05, 4.69) is 34.0 Å². The summed E-state index contributed by atoms with van der Waals surface area (Å²) in [6.07, 6.45) is 6.02. The molecular weight excluding hydrogens is 446 g/mol. The van der Waals surface area contributed by atoms with Crippen molar-refractivity contribution in [3.8, 4) is 17.1 Å². The van der Waals surface area contributed by atoms with Crippen LogP contribution in [0.5, 0.6) is 5.75 Å². The summed E-state index contributed by atoms with van der Waals surface area (Å²) in [7, 11) is 5.37. The number of carbonyl (C=O) groups is 1. The van der Waals surface area contributed by atoms with E-state index in [1.165, 1.54) is 19.3 Å². The maximum atomic E-state index is 11.8. The Labute approximate surface area is 206 Å². The molecule has 1 saturated carbocycles. The van der Waals surface area contributed by atoms with Gasteiger partial charge in [0, 0.05) is 30.8 Å². The predicted molar refractivity (Wildman–Crippen MR) is 136 cm³/mol. The molecule has 0 radical (unpaired) electrons. The van der Waals surface area contributed by atoms with E-state index in [1.807, 2.05) is 41.1 Å². The molecule has 1 aliphatic rings. The average Bonchev–Trinajstić information content (AvgIpc) is 3.20. The Hall–Kier alpha value is -2.97. The molecule has 1 aromatic heterocycles. The summed E-state index contributed by atoms with van der Waals surface area (Å²) in [4.78, 5) is 14.0. The zero-order valence-electron chi connectivity index (χ0n) is 20.2. The predicted octanol–water partition coefficient (Wildman–Crippen LogP) is 5.04. The maximum Gasteiger partial charge on any atom is 0.251 e. The van der Waals surface area contributed by atoms with Crippen molar-refractivity contribution >= 4 is 18.1 Å². The molecule has 0 bridgehead atoms. The van der Waals surface area contributed by atoms with Crippen molar-refractivity contribution in [2.24, 2.45) is 0 Å². The second-order valence-corrected chi connectivity index (χ2v) is 9.29. The molecule has 0 atom stereocenters. The number of carbonyl (C=O) groups excluding carboxylic acids is 1. The Morgan fingerprint density at radius 1 is 1.12 bits per heavy atom. The van der Waals surface area contributed by atoms with E-state index in [1.54, 1.807) is 14.2 Å². The van der Waals surface area contributed by atoms with Gasteiger partial charge in [-0.2, -0.15) is 5.10 Å². The van der Waals surface area contributed by atoms with Crippen LogP contribution in [0, 0.1) is 4.77 Å².